The van der Waals surface area contributed by atoms with Crippen molar-refractivity contribution in [3.63, 3.8) is 0 Å². The number of phenols is 1. The van der Waals surface area contributed by atoms with E-state index < -0.39 is 5.97 Å². The molecule has 0 spiro atoms. The number of benzene rings is 1. The summed E-state index contributed by atoms with van der Waals surface area (Å²) in [5.41, 5.74) is 0.354. The summed E-state index contributed by atoms with van der Waals surface area (Å²) in [7, 11) is 0. The lowest BCUT2D eigenvalue weighted by molar-refractivity contribution is -0.136. The van der Waals surface area contributed by atoms with Gasteiger partial charge in [-0.2, -0.15) is 0 Å². The van der Waals surface area contributed by atoms with Gasteiger partial charge in [-0.25, -0.2) is 0 Å². The molecule has 0 aliphatic heterocycles. The van der Waals surface area contributed by atoms with Gasteiger partial charge >= 0.3 is 5.97 Å². The van der Waals surface area contributed by atoms with Crippen molar-refractivity contribution in [1.29, 1.82) is 0 Å². The SMILES string of the molecule is O=C(O)CCc1coc2cc(O)ccc2c1=O. The van der Waals surface area contributed by atoms with Gasteiger partial charge < -0.3 is 14.6 Å². The average Bonchev–Trinajstić information content (AvgIpc) is 2.27. The minimum absolute atomic E-state index is 0.0129. The summed E-state index contributed by atoms with van der Waals surface area (Å²) in [4.78, 5) is 22.3. The van der Waals surface area contributed by atoms with Crippen LogP contribution in [0.25, 0.3) is 11.0 Å². The van der Waals surface area contributed by atoms with Crippen molar-refractivity contribution in [3.8, 4) is 5.75 Å². The molecular weight excluding hydrogens is 224 g/mol. The molecule has 1 aromatic carbocycles. The number of rotatable bonds is 3. The second-order valence-corrected chi connectivity index (χ2v) is 3.66. The Kier molecular flexibility index (Phi) is 2.82. The standard InChI is InChI=1S/C12H10O5/c13-8-2-3-9-10(5-8)17-6-7(12(9)16)1-4-11(14)15/h2-3,5-6,13H,1,4H2,(H,14,15). The smallest absolute Gasteiger partial charge is 0.303 e. The Balaban J connectivity index is 2.47. The summed E-state index contributed by atoms with van der Waals surface area (Å²) in [6.45, 7) is 0. The largest absolute Gasteiger partial charge is 0.508 e. The van der Waals surface area contributed by atoms with Crippen LogP contribution in [0.3, 0.4) is 0 Å². The summed E-state index contributed by atoms with van der Waals surface area (Å²) in [6, 6.07) is 4.19. The molecule has 0 bridgehead atoms. The van der Waals surface area contributed by atoms with Gasteiger partial charge in [0.15, 0.2) is 5.43 Å². The molecule has 2 rings (SSSR count). The highest BCUT2D eigenvalue weighted by Gasteiger charge is 2.08. The van der Waals surface area contributed by atoms with Crippen molar-refractivity contribution in [2.75, 3.05) is 0 Å². The topological polar surface area (TPSA) is 87.7 Å². The van der Waals surface area contributed by atoms with E-state index in [0.29, 0.717) is 10.9 Å². The summed E-state index contributed by atoms with van der Waals surface area (Å²) < 4.78 is 5.18. The molecule has 0 fully saturated rings. The first-order valence-electron chi connectivity index (χ1n) is 5.03. The maximum Gasteiger partial charge on any atom is 0.303 e. The maximum atomic E-state index is 11.9. The van der Waals surface area contributed by atoms with Crippen LogP contribution < -0.4 is 5.43 Å². The predicted octanol–water partition coefficient (Wildman–Crippen LogP) is 1.52. The number of phenolic OH excluding ortho intramolecular Hbond substituents is 1. The molecule has 88 valence electrons. The van der Waals surface area contributed by atoms with E-state index in [-0.39, 0.29) is 29.6 Å². The van der Waals surface area contributed by atoms with Gasteiger partial charge in [-0.05, 0) is 18.6 Å². The van der Waals surface area contributed by atoms with Crippen LogP contribution in [0.5, 0.6) is 5.75 Å². The number of hydrogen-bond donors (Lipinski definition) is 2. The van der Waals surface area contributed by atoms with Crippen LogP contribution in [0.15, 0.2) is 33.7 Å². The number of aryl methyl sites for hydroxylation is 1. The molecule has 2 N–H and O–H groups in total. The van der Waals surface area contributed by atoms with Crippen molar-refractivity contribution in [2.45, 2.75) is 12.8 Å². The minimum atomic E-state index is -0.963. The molecule has 5 heteroatoms. The van der Waals surface area contributed by atoms with Crippen molar-refractivity contribution in [2.24, 2.45) is 0 Å². The number of carbonyl (C=O) groups is 1. The Bertz CT molecular complexity index is 626. The van der Waals surface area contributed by atoms with Gasteiger partial charge in [0.05, 0.1) is 11.6 Å². The van der Waals surface area contributed by atoms with E-state index in [9.17, 15) is 14.7 Å². The lowest BCUT2D eigenvalue weighted by Crippen LogP contribution is -2.10. The van der Waals surface area contributed by atoms with Gasteiger partial charge in [0.25, 0.3) is 0 Å². The fourth-order valence-electron chi connectivity index (χ4n) is 1.57. The summed E-state index contributed by atoms with van der Waals surface area (Å²) in [5.74, 6) is -0.950. The first kappa shape index (κ1) is 11.2. The normalized spacial score (nSPS) is 10.6. The van der Waals surface area contributed by atoms with E-state index in [4.69, 9.17) is 9.52 Å². The number of carboxylic acids is 1. The Morgan fingerprint density at radius 3 is 2.82 bits per heavy atom. The zero-order valence-electron chi connectivity index (χ0n) is 8.84. The molecule has 0 aliphatic rings. The highest BCUT2D eigenvalue weighted by Crippen LogP contribution is 2.17. The summed E-state index contributed by atoms with van der Waals surface area (Å²) in [6.07, 6.45) is 1.26. The third-order valence-electron chi connectivity index (χ3n) is 2.44. The van der Waals surface area contributed by atoms with Crippen LogP contribution in [-0.4, -0.2) is 16.2 Å². The minimum Gasteiger partial charge on any atom is -0.508 e. The van der Waals surface area contributed by atoms with Crippen molar-refractivity contribution >= 4 is 16.9 Å². The molecule has 0 saturated heterocycles. The van der Waals surface area contributed by atoms with Gasteiger partial charge in [-0.1, -0.05) is 0 Å². The van der Waals surface area contributed by atoms with Crippen molar-refractivity contribution in [1.82, 2.24) is 0 Å². The van der Waals surface area contributed by atoms with E-state index >= 15 is 0 Å². The number of aliphatic carboxylic acids is 1. The Morgan fingerprint density at radius 1 is 1.35 bits per heavy atom. The molecule has 0 radical (unpaired) electrons. The van der Waals surface area contributed by atoms with Crippen LogP contribution in [0.4, 0.5) is 0 Å². The van der Waals surface area contributed by atoms with Crippen LogP contribution in [-0.2, 0) is 11.2 Å². The molecule has 1 aromatic heterocycles. The second kappa shape index (κ2) is 4.29. The Hall–Kier alpha value is -2.30. The molecule has 17 heavy (non-hydrogen) atoms. The molecule has 5 nitrogen and oxygen atoms in total. The lowest BCUT2D eigenvalue weighted by Gasteiger charge is -2.01. The molecule has 2 aromatic rings. The Morgan fingerprint density at radius 2 is 2.12 bits per heavy atom. The van der Waals surface area contributed by atoms with Crippen molar-refractivity contribution < 1.29 is 19.4 Å². The third kappa shape index (κ3) is 2.28. The van der Waals surface area contributed by atoms with Gasteiger partial charge in [0.1, 0.15) is 11.3 Å². The highest BCUT2D eigenvalue weighted by molar-refractivity contribution is 5.78. The van der Waals surface area contributed by atoms with Crippen molar-refractivity contribution in [3.05, 3.63) is 40.2 Å². The zero-order chi connectivity index (χ0) is 12.4. The first-order chi connectivity index (χ1) is 8.08. The molecular formula is C12H10O5. The average molecular weight is 234 g/mol. The number of fused-ring (bicyclic) bond motifs is 1. The quantitative estimate of drug-likeness (QED) is 0.840. The lowest BCUT2D eigenvalue weighted by atomic mass is 10.1. The van der Waals surface area contributed by atoms with Crippen LogP contribution in [0, 0.1) is 0 Å². The molecule has 1 heterocycles. The Labute approximate surface area is 95.9 Å². The number of hydrogen-bond acceptors (Lipinski definition) is 4. The van der Waals surface area contributed by atoms with Gasteiger partial charge in [-0.3, -0.25) is 9.59 Å². The number of carboxylic acid groups (broad SMARTS) is 1. The summed E-state index contributed by atoms with van der Waals surface area (Å²) in [5, 5.41) is 18.1. The van der Waals surface area contributed by atoms with Gasteiger partial charge in [0.2, 0.25) is 0 Å². The second-order valence-electron chi connectivity index (χ2n) is 3.66. The van der Waals surface area contributed by atoms with Crippen LogP contribution in [0.2, 0.25) is 0 Å². The maximum absolute atomic E-state index is 11.9. The fraction of sp³-hybridized carbons (Fsp3) is 0.167. The van der Waals surface area contributed by atoms with Crippen LogP contribution in [0.1, 0.15) is 12.0 Å². The molecule has 0 amide bonds. The zero-order valence-corrected chi connectivity index (χ0v) is 8.84. The monoisotopic (exact) mass is 234 g/mol. The van der Waals surface area contributed by atoms with E-state index in [2.05, 4.69) is 0 Å². The molecule has 0 atom stereocenters. The fourth-order valence-corrected chi connectivity index (χ4v) is 1.57. The molecule has 0 saturated carbocycles. The summed E-state index contributed by atoms with van der Waals surface area (Å²) >= 11 is 0. The predicted molar refractivity (Wildman–Crippen MR) is 60.1 cm³/mol. The first-order valence-corrected chi connectivity index (χ1v) is 5.03. The van der Waals surface area contributed by atoms with Gasteiger partial charge in [0, 0.05) is 18.1 Å². The highest BCUT2D eigenvalue weighted by atomic mass is 16.4. The van der Waals surface area contributed by atoms with E-state index in [1.807, 2.05) is 0 Å². The third-order valence-corrected chi connectivity index (χ3v) is 2.44. The molecule has 0 aliphatic carbocycles. The molecule has 0 unspecified atom stereocenters. The van der Waals surface area contributed by atoms with E-state index in [1.165, 1.54) is 24.5 Å². The number of aromatic hydroxyl groups is 1. The van der Waals surface area contributed by atoms with E-state index in [1.54, 1.807) is 0 Å². The van der Waals surface area contributed by atoms with Crippen LogP contribution >= 0.6 is 0 Å². The van der Waals surface area contributed by atoms with Gasteiger partial charge in [-0.15, -0.1) is 0 Å². The van der Waals surface area contributed by atoms with E-state index in [0.717, 1.165) is 0 Å².